The van der Waals surface area contributed by atoms with Crippen molar-refractivity contribution in [2.75, 3.05) is 20.2 Å². The third-order valence-electron chi connectivity index (χ3n) is 5.58. The predicted molar refractivity (Wildman–Crippen MR) is 111 cm³/mol. The van der Waals surface area contributed by atoms with Crippen molar-refractivity contribution in [1.29, 1.82) is 5.26 Å². The molecule has 2 heterocycles. The van der Waals surface area contributed by atoms with Gasteiger partial charge < -0.3 is 15.2 Å². The number of aliphatic hydroxyl groups is 1. The third-order valence-corrected chi connectivity index (χ3v) is 5.58. The topological polar surface area (TPSA) is 83.1 Å². The molecule has 0 atom stereocenters. The molecule has 4 rings (SSSR count). The number of hydrogen-bond acceptors (Lipinski definition) is 5. The molecule has 0 spiro atoms. The molecule has 1 aliphatic heterocycles. The van der Waals surface area contributed by atoms with Crippen LogP contribution in [0.15, 0.2) is 42.6 Å². The maximum absolute atomic E-state index is 14.4. The molecule has 1 saturated heterocycles. The molecule has 1 fully saturated rings. The Morgan fingerprint density at radius 2 is 1.87 bits per heavy atom. The molecular weight excluding hydrogens is 402 g/mol. The second-order valence-electron chi connectivity index (χ2n) is 7.72. The molecular formula is C23H22F2N4O2. The van der Waals surface area contributed by atoms with E-state index in [0.717, 1.165) is 0 Å². The molecule has 0 aliphatic carbocycles. The monoisotopic (exact) mass is 424 g/mol. The van der Waals surface area contributed by atoms with Crippen LogP contribution in [-0.2, 0) is 6.54 Å². The van der Waals surface area contributed by atoms with E-state index in [-0.39, 0.29) is 17.9 Å². The van der Waals surface area contributed by atoms with Gasteiger partial charge in [-0.05, 0) is 55.8 Å². The van der Waals surface area contributed by atoms with Crippen LogP contribution < -0.4 is 10.1 Å². The zero-order chi connectivity index (χ0) is 22.0. The summed E-state index contributed by atoms with van der Waals surface area (Å²) >= 11 is 0. The van der Waals surface area contributed by atoms with E-state index in [0.29, 0.717) is 48.3 Å². The van der Waals surface area contributed by atoms with Crippen LogP contribution in [0.5, 0.6) is 5.75 Å². The van der Waals surface area contributed by atoms with Gasteiger partial charge in [0.05, 0.1) is 24.8 Å². The van der Waals surface area contributed by atoms with Crippen molar-refractivity contribution in [2.45, 2.75) is 25.0 Å². The lowest BCUT2D eigenvalue weighted by molar-refractivity contribution is -0.00815. The van der Waals surface area contributed by atoms with Crippen LogP contribution >= 0.6 is 0 Å². The van der Waals surface area contributed by atoms with E-state index in [1.165, 1.54) is 31.4 Å². The Morgan fingerprint density at radius 3 is 2.52 bits per heavy atom. The van der Waals surface area contributed by atoms with Crippen LogP contribution in [0.4, 0.5) is 8.78 Å². The van der Waals surface area contributed by atoms with Crippen molar-refractivity contribution in [3.8, 4) is 34.2 Å². The number of piperidine rings is 1. The van der Waals surface area contributed by atoms with Gasteiger partial charge in [-0.2, -0.15) is 10.4 Å². The highest BCUT2D eigenvalue weighted by atomic mass is 19.1. The molecule has 31 heavy (non-hydrogen) atoms. The molecule has 0 amide bonds. The van der Waals surface area contributed by atoms with E-state index in [2.05, 4.69) is 10.4 Å². The summed E-state index contributed by atoms with van der Waals surface area (Å²) in [5, 5.41) is 27.7. The molecule has 0 unspecified atom stereocenters. The summed E-state index contributed by atoms with van der Waals surface area (Å²) in [4.78, 5) is 0. The van der Waals surface area contributed by atoms with E-state index in [1.54, 1.807) is 29.1 Å². The summed E-state index contributed by atoms with van der Waals surface area (Å²) in [6.45, 7) is 1.68. The van der Waals surface area contributed by atoms with Crippen LogP contribution in [0, 0.1) is 23.0 Å². The molecule has 0 saturated carbocycles. The fraction of sp³-hybridized carbons (Fsp3) is 0.304. The van der Waals surface area contributed by atoms with Crippen molar-refractivity contribution < 1.29 is 18.6 Å². The first-order valence-corrected chi connectivity index (χ1v) is 9.97. The lowest BCUT2D eigenvalue weighted by Gasteiger charge is -2.32. The molecule has 1 aliphatic rings. The third kappa shape index (κ3) is 4.29. The average molecular weight is 424 g/mol. The number of halogens is 2. The van der Waals surface area contributed by atoms with Gasteiger partial charge in [0.15, 0.2) is 11.6 Å². The van der Waals surface area contributed by atoms with Gasteiger partial charge in [0.1, 0.15) is 17.6 Å². The standard InChI is InChI=1S/C23H22F2N4O2/c1-31-21-5-4-15(10-20(21)25)18-13-29(14-23(30)6-8-27-9-7-23)28-22(18)16-2-3-17(12-26)19(24)11-16/h2-5,10-11,13,27,30H,6-9,14H2,1H3. The summed E-state index contributed by atoms with van der Waals surface area (Å²) in [6, 6.07) is 10.6. The lowest BCUT2D eigenvalue weighted by atomic mass is 9.92. The molecule has 2 N–H and O–H groups in total. The fourth-order valence-electron chi connectivity index (χ4n) is 3.87. The van der Waals surface area contributed by atoms with Gasteiger partial charge >= 0.3 is 0 Å². The Hall–Kier alpha value is -3.28. The van der Waals surface area contributed by atoms with E-state index >= 15 is 0 Å². The quantitative estimate of drug-likeness (QED) is 0.655. The van der Waals surface area contributed by atoms with Gasteiger partial charge in [-0.15, -0.1) is 0 Å². The Labute approximate surface area is 178 Å². The molecule has 6 nitrogen and oxygen atoms in total. The number of aromatic nitrogens is 2. The van der Waals surface area contributed by atoms with Crippen LogP contribution in [0.1, 0.15) is 18.4 Å². The van der Waals surface area contributed by atoms with Crippen molar-refractivity contribution in [3.05, 3.63) is 59.8 Å². The number of nitrogens with zero attached hydrogens (tertiary/aromatic N) is 3. The highest BCUT2D eigenvalue weighted by Crippen LogP contribution is 2.34. The maximum Gasteiger partial charge on any atom is 0.165 e. The zero-order valence-electron chi connectivity index (χ0n) is 17.0. The number of rotatable bonds is 5. The van der Waals surface area contributed by atoms with E-state index in [1.807, 2.05) is 0 Å². The van der Waals surface area contributed by atoms with Crippen molar-refractivity contribution >= 4 is 0 Å². The molecule has 0 radical (unpaired) electrons. The van der Waals surface area contributed by atoms with Crippen molar-refractivity contribution in [1.82, 2.24) is 15.1 Å². The SMILES string of the molecule is COc1ccc(-c2cn(CC3(O)CCNCC3)nc2-c2ccc(C#N)c(F)c2)cc1F. The highest BCUT2D eigenvalue weighted by molar-refractivity contribution is 5.81. The largest absolute Gasteiger partial charge is 0.494 e. The van der Waals surface area contributed by atoms with Gasteiger partial charge in [0, 0.05) is 17.3 Å². The maximum atomic E-state index is 14.4. The molecule has 1 aromatic heterocycles. The second kappa shape index (κ2) is 8.46. The number of hydrogen-bond donors (Lipinski definition) is 2. The van der Waals surface area contributed by atoms with Crippen molar-refractivity contribution in [2.24, 2.45) is 0 Å². The van der Waals surface area contributed by atoms with Crippen LogP contribution in [0.3, 0.4) is 0 Å². The van der Waals surface area contributed by atoms with Gasteiger partial charge in [-0.25, -0.2) is 8.78 Å². The zero-order valence-corrected chi connectivity index (χ0v) is 17.0. The van der Waals surface area contributed by atoms with Gasteiger partial charge in [0.2, 0.25) is 0 Å². The molecule has 0 bridgehead atoms. The highest BCUT2D eigenvalue weighted by Gasteiger charge is 2.30. The summed E-state index contributed by atoms with van der Waals surface area (Å²) in [6.07, 6.45) is 2.90. The van der Waals surface area contributed by atoms with E-state index in [9.17, 15) is 13.9 Å². The lowest BCUT2D eigenvalue weighted by Crippen LogP contribution is -2.44. The number of nitriles is 1. The number of ether oxygens (including phenoxy) is 1. The molecule has 2 aromatic carbocycles. The number of nitrogens with one attached hydrogen (secondary N) is 1. The number of benzene rings is 2. The smallest absolute Gasteiger partial charge is 0.165 e. The van der Waals surface area contributed by atoms with E-state index in [4.69, 9.17) is 10.00 Å². The number of methoxy groups -OCH3 is 1. The van der Waals surface area contributed by atoms with Gasteiger partial charge in [0.25, 0.3) is 0 Å². The Balaban J connectivity index is 1.80. The second-order valence-corrected chi connectivity index (χ2v) is 7.72. The summed E-state index contributed by atoms with van der Waals surface area (Å²) in [5.74, 6) is -1.06. The Morgan fingerprint density at radius 1 is 1.16 bits per heavy atom. The Bertz CT molecular complexity index is 1150. The van der Waals surface area contributed by atoms with Crippen LogP contribution in [0.25, 0.3) is 22.4 Å². The van der Waals surface area contributed by atoms with Gasteiger partial charge in [-0.3, -0.25) is 4.68 Å². The first kappa shape index (κ1) is 21.0. The van der Waals surface area contributed by atoms with E-state index < -0.39 is 17.2 Å². The average Bonchev–Trinajstić information content (AvgIpc) is 3.17. The Kier molecular flexibility index (Phi) is 5.72. The minimum absolute atomic E-state index is 0.0655. The molecule has 160 valence electrons. The van der Waals surface area contributed by atoms with Gasteiger partial charge in [-0.1, -0.05) is 12.1 Å². The summed E-state index contributed by atoms with van der Waals surface area (Å²) in [5.41, 5.74) is 1.05. The molecule has 3 aromatic rings. The normalized spacial score (nSPS) is 15.5. The first-order valence-electron chi connectivity index (χ1n) is 9.97. The van der Waals surface area contributed by atoms with Crippen LogP contribution in [0.2, 0.25) is 0 Å². The predicted octanol–water partition coefficient (Wildman–Crippen LogP) is 3.49. The fourth-order valence-corrected chi connectivity index (χ4v) is 3.87. The molecule has 8 heteroatoms. The van der Waals surface area contributed by atoms with Crippen LogP contribution in [-0.4, -0.2) is 40.7 Å². The minimum atomic E-state index is -0.910. The summed E-state index contributed by atoms with van der Waals surface area (Å²) < 4.78 is 35.3. The first-order chi connectivity index (χ1) is 14.9. The summed E-state index contributed by atoms with van der Waals surface area (Å²) in [7, 11) is 1.39. The van der Waals surface area contributed by atoms with Crippen molar-refractivity contribution in [3.63, 3.8) is 0 Å². The minimum Gasteiger partial charge on any atom is -0.494 e.